The molecule has 2 bridgehead atoms. The molecule has 1 saturated heterocycles. The SMILES string of the molecule is CN(C(=O)/C=C/c1cc(Br)cs1)[C@H]1CC[C@@]2(O)[C@H]3Cc4c([N+](=O)[O-])cc(O)c5c4[C@@]2(CCN3CC2CC2)[C@H]1O5. The normalized spacial score (nSPS) is 32.6. The number of phenolic OH excluding ortho intramolecular Hbond substituents is 1. The van der Waals surface area contributed by atoms with E-state index in [1.54, 1.807) is 24.1 Å². The Morgan fingerprint density at radius 1 is 1.36 bits per heavy atom. The Hall–Kier alpha value is -2.47. The molecule has 1 spiro atoms. The number of likely N-dealkylation sites (tertiary alicyclic amines) is 1. The average molecular weight is 617 g/mol. The van der Waals surface area contributed by atoms with Crippen LogP contribution in [0.5, 0.6) is 11.5 Å². The van der Waals surface area contributed by atoms with Crippen LogP contribution >= 0.6 is 27.3 Å². The number of likely N-dealkylation sites (N-methyl/N-ethyl adjacent to an activating group) is 1. The summed E-state index contributed by atoms with van der Waals surface area (Å²) < 4.78 is 7.47. The summed E-state index contributed by atoms with van der Waals surface area (Å²) in [5.41, 5.74) is -1.09. The minimum Gasteiger partial charge on any atom is -0.504 e. The summed E-state index contributed by atoms with van der Waals surface area (Å²) in [5.74, 6) is 0.391. The van der Waals surface area contributed by atoms with E-state index in [0.29, 0.717) is 42.7 Å². The van der Waals surface area contributed by atoms with Crippen LogP contribution in [0.1, 0.15) is 48.1 Å². The number of aromatic hydroxyl groups is 1. The molecule has 206 valence electrons. The first kappa shape index (κ1) is 25.5. The zero-order valence-corrected chi connectivity index (χ0v) is 23.9. The van der Waals surface area contributed by atoms with Crippen LogP contribution in [-0.4, -0.2) is 74.8 Å². The minimum atomic E-state index is -1.18. The topological polar surface area (TPSA) is 116 Å². The van der Waals surface area contributed by atoms with Crippen LogP contribution in [0, 0.1) is 16.0 Å². The highest BCUT2D eigenvalue weighted by Gasteiger charge is 2.74. The predicted octanol–water partition coefficient (Wildman–Crippen LogP) is 4.23. The molecular weight excluding hydrogens is 586 g/mol. The maximum absolute atomic E-state index is 13.4. The first-order valence-electron chi connectivity index (χ1n) is 13.5. The lowest BCUT2D eigenvalue weighted by Gasteiger charge is -2.64. The molecule has 5 atom stereocenters. The van der Waals surface area contributed by atoms with E-state index in [4.69, 9.17) is 4.74 Å². The van der Waals surface area contributed by atoms with Gasteiger partial charge in [0.25, 0.3) is 5.69 Å². The zero-order chi connectivity index (χ0) is 27.3. The van der Waals surface area contributed by atoms with Gasteiger partial charge < -0.3 is 19.8 Å². The number of ether oxygens (including phenoxy) is 1. The standard InChI is InChI=1S/C28H30BrN3O6S/c1-30(23(34)5-4-17-10-16(29)14-39-17)19-6-7-28(35)22-11-18-20(32(36)37)12-21(33)25-24(18)27(28,26(19)38-25)8-9-31(22)13-15-2-3-15/h4-5,10,12,14-15,19,22,26,33,35H,2-3,6-9,11,13H2,1H3/b5-4+/t19-,22+,26-,27-,28+/m0/s1. The van der Waals surface area contributed by atoms with Crippen LogP contribution in [0.25, 0.3) is 6.08 Å². The number of nitro groups is 1. The Morgan fingerprint density at radius 2 is 2.15 bits per heavy atom. The van der Waals surface area contributed by atoms with Crippen molar-refractivity contribution < 1.29 is 24.7 Å². The summed E-state index contributed by atoms with van der Waals surface area (Å²) in [4.78, 5) is 30.0. The lowest BCUT2D eigenvalue weighted by Crippen LogP contribution is -2.78. The van der Waals surface area contributed by atoms with E-state index in [1.807, 2.05) is 11.4 Å². The number of amides is 1. The molecule has 3 aliphatic carbocycles. The molecule has 2 aromatic rings. The Morgan fingerprint density at radius 3 is 2.85 bits per heavy atom. The zero-order valence-electron chi connectivity index (χ0n) is 21.5. The van der Waals surface area contributed by atoms with Crippen molar-refractivity contribution in [3.8, 4) is 11.5 Å². The van der Waals surface area contributed by atoms with Crippen molar-refractivity contribution in [3.05, 3.63) is 54.2 Å². The number of hydrogen-bond acceptors (Lipinski definition) is 8. The maximum atomic E-state index is 13.4. The molecule has 2 N–H and O–H groups in total. The van der Waals surface area contributed by atoms with Crippen molar-refractivity contribution in [1.82, 2.24) is 9.80 Å². The number of halogens is 1. The number of carbonyl (C=O) groups excluding carboxylic acids is 1. The summed E-state index contributed by atoms with van der Waals surface area (Å²) in [5, 5.41) is 37.7. The Kier molecular flexibility index (Phi) is 5.73. The largest absolute Gasteiger partial charge is 0.504 e. The van der Waals surface area contributed by atoms with Crippen LogP contribution in [0.15, 0.2) is 28.1 Å². The van der Waals surface area contributed by atoms with E-state index in [9.17, 15) is 25.1 Å². The van der Waals surface area contributed by atoms with Gasteiger partial charge in [-0.05, 0) is 79.1 Å². The Balaban J connectivity index is 1.31. The molecule has 3 fully saturated rings. The second kappa shape index (κ2) is 8.76. The fourth-order valence-electron chi connectivity index (χ4n) is 7.93. The maximum Gasteiger partial charge on any atom is 0.276 e. The molecule has 5 aliphatic rings. The van der Waals surface area contributed by atoms with E-state index in [1.165, 1.54) is 30.2 Å². The minimum absolute atomic E-state index is 0.119. The van der Waals surface area contributed by atoms with Crippen molar-refractivity contribution in [2.75, 3.05) is 20.1 Å². The van der Waals surface area contributed by atoms with Gasteiger partial charge in [-0.15, -0.1) is 11.3 Å². The summed E-state index contributed by atoms with van der Waals surface area (Å²) >= 11 is 4.97. The van der Waals surface area contributed by atoms with Crippen molar-refractivity contribution in [2.45, 2.75) is 67.7 Å². The van der Waals surface area contributed by atoms with Gasteiger partial charge in [-0.2, -0.15) is 0 Å². The molecule has 11 heteroatoms. The lowest BCUT2D eigenvalue weighted by molar-refractivity contribution is -0.386. The van der Waals surface area contributed by atoms with Crippen LogP contribution in [-0.2, 0) is 16.6 Å². The highest BCUT2D eigenvalue weighted by molar-refractivity contribution is 9.10. The molecule has 2 saturated carbocycles. The number of piperidine rings is 1. The fraction of sp³-hybridized carbons (Fsp3) is 0.536. The summed E-state index contributed by atoms with van der Waals surface area (Å²) in [6.45, 7) is 1.62. The number of aliphatic hydroxyl groups is 1. The van der Waals surface area contributed by atoms with Gasteiger partial charge in [0.1, 0.15) is 6.10 Å². The van der Waals surface area contributed by atoms with Gasteiger partial charge in [0.05, 0.1) is 28.0 Å². The summed E-state index contributed by atoms with van der Waals surface area (Å²) in [6.07, 6.45) is 6.95. The third kappa shape index (κ3) is 3.59. The number of thiophene rings is 1. The highest BCUT2D eigenvalue weighted by Crippen LogP contribution is 2.67. The van der Waals surface area contributed by atoms with Gasteiger partial charge >= 0.3 is 0 Å². The molecule has 0 unspecified atom stereocenters. The van der Waals surface area contributed by atoms with Crippen LogP contribution in [0.2, 0.25) is 0 Å². The predicted molar refractivity (Wildman–Crippen MR) is 149 cm³/mol. The van der Waals surface area contributed by atoms with Gasteiger partial charge in [-0.1, -0.05) is 0 Å². The van der Waals surface area contributed by atoms with Crippen LogP contribution in [0.3, 0.4) is 0 Å². The smallest absolute Gasteiger partial charge is 0.276 e. The third-order valence-corrected chi connectivity index (χ3v) is 11.5. The number of nitro benzene ring substituents is 1. The Bertz CT molecular complexity index is 1420. The third-order valence-electron chi connectivity index (χ3n) is 9.86. The summed E-state index contributed by atoms with van der Waals surface area (Å²) in [6, 6.07) is 2.49. The van der Waals surface area contributed by atoms with E-state index in [2.05, 4.69) is 20.8 Å². The van der Waals surface area contributed by atoms with Crippen molar-refractivity contribution in [2.24, 2.45) is 5.92 Å². The first-order chi connectivity index (χ1) is 18.6. The molecule has 1 aromatic carbocycles. The van der Waals surface area contributed by atoms with E-state index < -0.39 is 22.0 Å². The monoisotopic (exact) mass is 615 g/mol. The highest BCUT2D eigenvalue weighted by atomic mass is 79.9. The summed E-state index contributed by atoms with van der Waals surface area (Å²) in [7, 11) is 1.75. The molecule has 1 aromatic heterocycles. The van der Waals surface area contributed by atoms with E-state index in [0.717, 1.165) is 22.4 Å². The van der Waals surface area contributed by atoms with Crippen molar-refractivity contribution >= 4 is 44.9 Å². The van der Waals surface area contributed by atoms with Crippen molar-refractivity contribution in [1.29, 1.82) is 0 Å². The van der Waals surface area contributed by atoms with Gasteiger partial charge in [-0.25, -0.2) is 0 Å². The van der Waals surface area contributed by atoms with Crippen LogP contribution < -0.4 is 4.74 Å². The first-order valence-corrected chi connectivity index (χ1v) is 15.2. The molecule has 39 heavy (non-hydrogen) atoms. The second-order valence-corrected chi connectivity index (χ2v) is 13.6. The number of benzene rings is 1. The molecule has 2 aliphatic heterocycles. The Labute approximate surface area is 238 Å². The number of nitrogens with zero attached hydrogens (tertiary/aromatic N) is 3. The van der Waals surface area contributed by atoms with E-state index >= 15 is 0 Å². The van der Waals surface area contributed by atoms with Gasteiger partial charge in [0.15, 0.2) is 11.5 Å². The fourth-order valence-corrected chi connectivity index (χ4v) is 9.27. The van der Waals surface area contributed by atoms with Gasteiger partial charge in [0.2, 0.25) is 5.91 Å². The molecule has 7 rings (SSSR count). The molecule has 3 heterocycles. The van der Waals surface area contributed by atoms with Crippen LogP contribution in [0.4, 0.5) is 5.69 Å². The molecule has 0 radical (unpaired) electrons. The molecule has 9 nitrogen and oxygen atoms in total. The number of phenols is 1. The van der Waals surface area contributed by atoms with Gasteiger partial charge in [0, 0.05) is 51.6 Å². The quantitative estimate of drug-likeness (QED) is 0.284. The second-order valence-electron chi connectivity index (χ2n) is 11.8. The van der Waals surface area contributed by atoms with Gasteiger partial charge in [-0.3, -0.25) is 19.8 Å². The lowest BCUT2D eigenvalue weighted by atomic mass is 9.48. The molecular formula is C28H30BrN3O6S. The van der Waals surface area contributed by atoms with Crippen molar-refractivity contribution in [3.63, 3.8) is 0 Å². The number of hydrogen-bond donors (Lipinski definition) is 2. The number of rotatable bonds is 6. The molecule has 1 amide bonds. The van der Waals surface area contributed by atoms with E-state index in [-0.39, 0.29) is 35.2 Å². The number of carbonyl (C=O) groups is 1. The average Bonchev–Trinajstić information content (AvgIpc) is 3.50.